The minimum absolute atomic E-state index is 0.0119. The van der Waals surface area contributed by atoms with Crippen molar-refractivity contribution in [2.45, 2.75) is 33.7 Å². The fourth-order valence-electron chi connectivity index (χ4n) is 6.10. The first-order valence-corrected chi connectivity index (χ1v) is 14.4. The van der Waals surface area contributed by atoms with Crippen LogP contribution in [0.5, 0.6) is 0 Å². The summed E-state index contributed by atoms with van der Waals surface area (Å²) in [7, 11) is 0. The lowest BCUT2D eigenvalue weighted by Gasteiger charge is -2.38. The second-order valence-electron chi connectivity index (χ2n) is 9.72. The summed E-state index contributed by atoms with van der Waals surface area (Å²) in [5, 5.41) is 9.37. The number of halogens is 1. The Morgan fingerprint density at radius 1 is 1.28 bits per heavy atom. The van der Waals surface area contributed by atoms with Crippen LogP contribution in [0.2, 0.25) is 0 Å². The molecule has 0 aliphatic carbocycles. The first-order chi connectivity index (χ1) is 17.4. The lowest BCUT2D eigenvalue weighted by atomic mass is 9.71. The summed E-state index contributed by atoms with van der Waals surface area (Å²) < 4.78 is 10.1. The SMILES string of the molecule is C=CCOC(=O)[C@H]1[C@@H]2SC3(CC2Br)C(C(=O)N(CC=C)CCN2CCOCC2)N(CCCO)C(=O)[C@H]13. The van der Waals surface area contributed by atoms with Crippen molar-refractivity contribution in [3.63, 3.8) is 0 Å². The zero-order chi connectivity index (χ0) is 25.9. The van der Waals surface area contributed by atoms with Crippen LogP contribution in [0.4, 0.5) is 0 Å². The highest BCUT2D eigenvalue weighted by molar-refractivity contribution is 9.09. The van der Waals surface area contributed by atoms with Gasteiger partial charge in [-0.05, 0) is 12.8 Å². The van der Waals surface area contributed by atoms with E-state index in [1.165, 1.54) is 6.08 Å². The van der Waals surface area contributed by atoms with Crippen LogP contribution in [0, 0.1) is 11.8 Å². The van der Waals surface area contributed by atoms with E-state index in [9.17, 15) is 19.5 Å². The van der Waals surface area contributed by atoms with Gasteiger partial charge in [-0.2, -0.15) is 0 Å². The Kier molecular flexibility index (Phi) is 9.19. The third-order valence-electron chi connectivity index (χ3n) is 7.65. The number of nitrogens with zero attached hydrogens (tertiary/aromatic N) is 3. The molecule has 36 heavy (non-hydrogen) atoms. The minimum atomic E-state index is -0.724. The van der Waals surface area contributed by atoms with Gasteiger partial charge < -0.3 is 24.4 Å². The number of hydrogen-bond donors (Lipinski definition) is 1. The number of likely N-dealkylation sites (tertiary alicyclic amines) is 1. The topological polar surface area (TPSA) is 99.6 Å². The normalized spacial score (nSPS) is 33.4. The molecule has 0 aromatic carbocycles. The van der Waals surface area contributed by atoms with Crippen molar-refractivity contribution in [1.29, 1.82) is 0 Å². The number of esters is 1. The van der Waals surface area contributed by atoms with E-state index in [4.69, 9.17) is 9.47 Å². The molecule has 9 nitrogen and oxygen atoms in total. The van der Waals surface area contributed by atoms with Gasteiger partial charge in [0, 0.05) is 56.0 Å². The van der Waals surface area contributed by atoms with Crippen LogP contribution < -0.4 is 0 Å². The largest absolute Gasteiger partial charge is 0.461 e. The highest BCUT2D eigenvalue weighted by Gasteiger charge is 2.76. The average Bonchev–Trinajstić information content (AvgIpc) is 3.47. The van der Waals surface area contributed by atoms with Crippen LogP contribution in [-0.2, 0) is 23.9 Å². The van der Waals surface area contributed by atoms with Crippen LogP contribution in [-0.4, -0.2) is 124 Å². The number of aliphatic hydroxyl groups excluding tert-OH is 1. The highest BCUT2D eigenvalue weighted by Crippen LogP contribution is 2.68. The van der Waals surface area contributed by atoms with Gasteiger partial charge in [-0.1, -0.05) is 34.7 Å². The maximum absolute atomic E-state index is 14.2. The fourth-order valence-corrected chi connectivity index (χ4v) is 9.70. The fraction of sp³-hybridized carbons (Fsp3) is 0.720. The second-order valence-corrected chi connectivity index (χ2v) is 12.4. The van der Waals surface area contributed by atoms with Gasteiger partial charge in [-0.25, -0.2) is 0 Å². The maximum Gasteiger partial charge on any atom is 0.311 e. The van der Waals surface area contributed by atoms with Gasteiger partial charge in [0.2, 0.25) is 11.8 Å². The number of morpholine rings is 1. The number of carbonyl (C=O) groups is 3. The van der Waals surface area contributed by atoms with Crippen molar-refractivity contribution in [3.05, 3.63) is 25.3 Å². The van der Waals surface area contributed by atoms with Crippen LogP contribution in [0.15, 0.2) is 25.3 Å². The van der Waals surface area contributed by atoms with Crippen molar-refractivity contribution in [3.8, 4) is 0 Å². The molecule has 200 valence electrons. The molecular formula is C25H36BrN3O6S. The van der Waals surface area contributed by atoms with Crippen molar-refractivity contribution < 1.29 is 29.0 Å². The molecule has 0 saturated carbocycles. The van der Waals surface area contributed by atoms with E-state index < -0.39 is 28.6 Å². The van der Waals surface area contributed by atoms with Crippen LogP contribution in [0.1, 0.15) is 12.8 Å². The number of fused-ring (bicyclic) bond motifs is 1. The highest BCUT2D eigenvalue weighted by atomic mass is 79.9. The van der Waals surface area contributed by atoms with Gasteiger partial charge in [-0.3, -0.25) is 19.3 Å². The zero-order valence-electron chi connectivity index (χ0n) is 20.6. The molecule has 4 saturated heterocycles. The van der Waals surface area contributed by atoms with E-state index in [2.05, 4.69) is 34.0 Å². The van der Waals surface area contributed by atoms with Gasteiger partial charge in [0.1, 0.15) is 12.6 Å². The summed E-state index contributed by atoms with van der Waals surface area (Å²) in [6.07, 6.45) is 4.20. The van der Waals surface area contributed by atoms with E-state index in [0.29, 0.717) is 45.7 Å². The summed E-state index contributed by atoms with van der Waals surface area (Å²) in [5.41, 5.74) is 0. The first-order valence-electron chi connectivity index (χ1n) is 12.6. The molecule has 3 unspecified atom stereocenters. The Bertz CT molecular complexity index is 871. The molecule has 1 spiro atoms. The van der Waals surface area contributed by atoms with E-state index in [1.54, 1.807) is 27.6 Å². The number of hydrogen-bond acceptors (Lipinski definition) is 8. The number of rotatable bonds is 12. The number of ether oxygens (including phenoxy) is 2. The molecular weight excluding hydrogens is 550 g/mol. The third kappa shape index (κ3) is 5.01. The number of thioether (sulfide) groups is 1. The van der Waals surface area contributed by atoms with Crippen molar-refractivity contribution in [2.24, 2.45) is 11.8 Å². The lowest BCUT2D eigenvalue weighted by Crippen LogP contribution is -2.56. The van der Waals surface area contributed by atoms with Crippen LogP contribution in [0.3, 0.4) is 0 Å². The lowest BCUT2D eigenvalue weighted by molar-refractivity contribution is -0.153. The molecule has 4 aliphatic heterocycles. The van der Waals surface area contributed by atoms with Gasteiger partial charge in [0.05, 0.1) is 29.8 Å². The standard InChI is InChI=1S/C25H36BrN3O6S/c1-3-6-28(9-8-27-10-14-34-15-11-27)23(32)21-25-16-17(26)20(36-25)18(24(33)35-13-4-2)19(25)22(31)29(21)7-5-12-30/h3-4,17-21,30H,1-2,5-16H2/t17?,18-,19+,20-,21?,25?/m1/s1. The van der Waals surface area contributed by atoms with Crippen molar-refractivity contribution >= 4 is 45.5 Å². The van der Waals surface area contributed by atoms with E-state index in [-0.39, 0.29) is 41.6 Å². The molecule has 6 atom stereocenters. The first kappa shape index (κ1) is 27.6. The van der Waals surface area contributed by atoms with Crippen molar-refractivity contribution in [1.82, 2.24) is 14.7 Å². The Morgan fingerprint density at radius 2 is 2.03 bits per heavy atom. The molecule has 1 N–H and O–H groups in total. The maximum atomic E-state index is 14.2. The number of alkyl halides is 1. The molecule has 2 amide bonds. The zero-order valence-corrected chi connectivity index (χ0v) is 23.0. The monoisotopic (exact) mass is 585 g/mol. The summed E-state index contributed by atoms with van der Waals surface area (Å²) in [6.45, 7) is 12.3. The minimum Gasteiger partial charge on any atom is -0.461 e. The average molecular weight is 587 g/mol. The predicted octanol–water partition coefficient (Wildman–Crippen LogP) is 0.909. The van der Waals surface area contributed by atoms with Gasteiger partial charge in [0.25, 0.3) is 0 Å². The van der Waals surface area contributed by atoms with Crippen LogP contribution in [0.25, 0.3) is 0 Å². The van der Waals surface area contributed by atoms with E-state index >= 15 is 0 Å². The number of aliphatic hydroxyl groups is 1. The van der Waals surface area contributed by atoms with Crippen molar-refractivity contribution in [2.75, 3.05) is 65.7 Å². The Balaban J connectivity index is 1.63. The molecule has 4 aliphatic rings. The number of carbonyl (C=O) groups excluding carboxylic acids is 3. The predicted molar refractivity (Wildman–Crippen MR) is 141 cm³/mol. The van der Waals surface area contributed by atoms with Gasteiger partial charge in [0.15, 0.2) is 0 Å². The third-order valence-corrected chi connectivity index (χ3v) is 10.9. The molecule has 0 aromatic heterocycles. The summed E-state index contributed by atoms with van der Waals surface area (Å²) >= 11 is 5.33. The smallest absolute Gasteiger partial charge is 0.311 e. The molecule has 11 heteroatoms. The van der Waals surface area contributed by atoms with Gasteiger partial charge in [-0.15, -0.1) is 18.3 Å². The van der Waals surface area contributed by atoms with Crippen LogP contribution >= 0.6 is 27.7 Å². The summed E-state index contributed by atoms with van der Waals surface area (Å²) in [5.74, 6) is -1.98. The van der Waals surface area contributed by atoms with E-state index in [0.717, 1.165) is 13.1 Å². The second kappa shape index (κ2) is 12.0. The summed E-state index contributed by atoms with van der Waals surface area (Å²) in [4.78, 5) is 46.8. The number of amides is 2. The molecule has 2 bridgehead atoms. The Labute approximate surface area is 225 Å². The molecule has 4 heterocycles. The summed E-state index contributed by atoms with van der Waals surface area (Å²) in [6, 6.07) is -0.710. The van der Waals surface area contributed by atoms with Gasteiger partial charge >= 0.3 is 5.97 Å². The quantitative estimate of drug-likeness (QED) is 0.205. The molecule has 0 radical (unpaired) electrons. The van der Waals surface area contributed by atoms with E-state index in [1.807, 2.05) is 0 Å². The Morgan fingerprint density at radius 3 is 2.69 bits per heavy atom. The molecule has 4 rings (SSSR count). The molecule has 0 aromatic rings. The Hall–Kier alpha value is -1.40. The molecule has 4 fully saturated rings.